The second-order valence-electron chi connectivity index (χ2n) is 10.3. The quantitative estimate of drug-likeness (QED) is 0.411. The van der Waals surface area contributed by atoms with Crippen molar-refractivity contribution in [2.45, 2.75) is 44.1 Å². The molecule has 2 aromatic carbocycles. The summed E-state index contributed by atoms with van der Waals surface area (Å²) in [5.41, 5.74) is 2.49. The number of carbonyl (C=O) groups excluding carboxylic acids is 3. The number of carbonyl (C=O) groups is 3. The maximum Gasteiger partial charge on any atom is 0.333 e. The molecule has 4 rings (SSSR count). The van der Waals surface area contributed by atoms with Crippen LogP contribution in [-0.4, -0.2) is 48.9 Å². The molecule has 6 heteroatoms. The Kier molecular flexibility index (Phi) is 7.01. The first-order chi connectivity index (χ1) is 17.1. The minimum Gasteiger partial charge on any atom is -0.373 e. The Labute approximate surface area is 213 Å². The maximum absolute atomic E-state index is 13.0. The molecule has 2 aliphatic rings. The zero-order chi connectivity index (χ0) is 26.1. The first kappa shape index (κ1) is 25.6. The van der Waals surface area contributed by atoms with Gasteiger partial charge in [0, 0.05) is 27.1 Å². The fourth-order valence-electron chi connectivity index (χ4n) is 5.62. The fraction of sp³-hybridized carbons (Fsp3) is 0.367. The van der Waals surface area contributed by atoms with Gasteiger partial charge in [0.1, 0.15) is 5.57 Å². The van der Waals surface area contributed by atoms with E-state index in [0.29, 0.717) is 12.8 Å². The normalized spacial score (nSPS) is 23.9. The smallest absolute Gasteiger partial charge is 0.333 e. The summed E-state index contributed by atoms with van der Waals surface area (Å²) in [6.07, 6.45) is 8.09. The number of likely N-dealkylation sites (N-methyl/N-ethyl adjacent to an activating group) is 2. The van der Waals surface area contributed by atoms with Gasteiger partial charge < -0.3 is 4.74 Å². The summed E-state index contributed by atoms with van der Waals surface area (Å²) < 4.78 is 6.36. The molecule has 0 N–H and O–H groups in total. The number of methoxy groups -OCH3 is 1. The number of barbiturate groups is 1. The van der Waals surface area contributed by atoms with Gasteiger partial charge in [-0.25, -0.2) is 4.79 Å². The first-order valence-electron chi connectivity index (χ1n) is 12.3. The zero-order valence-electron chi connectivity index (χ0n) is 21.7. The van der Waals surface area contributed by atoms with Gasteiger partial charge in [-0.15, -0.1) is 0 Å². The lowest BCUT2D eigenvalue weighted by Gasteiger charge is -2.49. The number of allylic oxidation sites excluding steroid dienone is 1. The zero-order valence-corrected chi connectivity index (χ0v) is 21.7. The van der Waals surface area contributed by atoms with Crippen molar-refractivity contribution in [2.75, 3.05) is 21.2 Å². The maximum atomic E-state index is 13.0. The molecule has 2 unspecified atom stereocenters. The summed E-state index contributed by atoms with van der Waals surface area (Å²) in [7, 11) is 4.51. The highest BCUT2D eigenvalue weighted by Gasteiger charge is 2.50. The SMILES string of the molecule is COC1(CC/C=C/c2ccccc2)c2ccccc2C(C)(C)CC1C=C1C(=O)N(C)C(=O)N(C)C1=O. The molecule has 0 spiro atoms. The van der Waals surface area contributed by atoms with Crippen LogP contribution >= 0.6 is 0 Å². The third-order valence-electron chi connectivity index (χ3n) is 7.61. The van der Waals surface area contributed by atoms with Gasteiger partial charge in [-0.05, 0) is 41.4 Å². The number of imide groups is 2. The Balaban J connectivity index is 1.78. The van der Waals surface area contributed by atoms with Crippen LogP contribution in [0.4, 0.5) is 4.79 Å². The molecule has 1 fully saturated rings. The van der Waals surface area contributed by atoms with Gasteiger partial charge in [-0.1, -0.05) is 86.7 Å². The van der Waals surface area contributed by atoms with E-state index in [-0.39, 0.29) is 16.9 Å². The molecule has 6 nitrogen and oxygen atoms in total. The van der Waals surface area contributed by atoms with E-state index >= 15 is 0 Å². The highest BCUT2D eigenvalue weighted by Crippen LogP contribution is 2.53. The molecule has 0 aromatic heterocycles. The van der Waals surface area contributed by atoms with Crippen LogP contribution in [0, 0.1) is 5.92 Å². The van der Waals surface area contributed by atoms with Crippen LogP contribution in [0.15, 0.2) is 72.3 Å². The van der Waals surface area contributed by atoms with Crippen molar-refractivity contribution in [3.63, 3.8) is 0 Å². The number of urea groups is 1. The molecule has 4 amide bonds. The van der Waals surface area contributed by atoms with Crippen molar-refractivity contribution < 1.29 is 19.1 Å². The van der Waals surface area contributed by atoms with Crippen LogP contribution in [0.1, 0.15) is 49.8 Å². The van der Waals surface area contributed by atoms with Gasteiger partial charge in [0.2, 0.25) is 0 Å². The van der Waals surface area contributed by atoms with Gasteiger partial charge in [0.25, 0.3) is 11.8 Å². The fourth-order valence-corrected chi connectivity index (χ4v) is 5.62. The van der Waals surface area contributed by atoms with E-state index in [0.717, 1.165) is 27.3 Å². The summed E-state index contributed by atoms with van der Waals surface area (Å²) in [4.78, 5) is 40.3. The minimum atomic E-state index is -0.737. The summed E-state index contributed by atoms with van der Waals surface area (Å²) in [6.45, 7) is 4.36. The van der Waals surface area contributed by atoms with Crippen LogP contribution in [0.5, 0.6) is 0 Å². The van der Waals surface area contributed by atoms with E-state index in [2.05, 4.69) is 50.3 Å². The molecule has 1 aliphatic carbocycles. The van der Waals surface area contributed by atoms with Crippen LogP contribution < -0.4 is 0 Å². The number of benzene rings is 2. The Morgan fingerprint density at radius 3 is 2.11 bits per heavy atom. The van der Waals surface area contributed by atoms with Crippen molar-refractivity contribution in [1.29, 1.82) is 0 Å². The molecular formula is C30H34N2O4. The molecule has 2 aromatic rings. The number of nitrogens with zero attached hydrogens (tertiary/aromatic N) is 2. The van der Waals surface area contributed by atoms with E-state index in [1.807, 2.05) is 30.3 Å². The lowest BCUT2D eigenvalue weighted by molar-refractivity contribution is -0.134. The topological polar surface area (TPSA) is 66.9 Å². The van der Waals surface area contributed by atoms with E-state index in [4.69, 9.17) is 4.74 Å². The molecule has 2 atom stereocenters. The van der Waals surface area contributed by atoms with Crippen molar-refractivity contribution in [3.8, 4) is 0 Å². The first-order valence-corrected chi connectivity index (χ1v) is 12.3. The Bertz CT molecular complexity index is 1200. The largest absolute Gasteiger partial charge is 0.373 e. The van der Waals surface area contributed by atoms with Gasteiger partial charge in [-0.3, -0.25) is 19.4 Å². The number of ether oxygens (including phenoxy) is 1. The minimum absolute atomic E-state index is 0.0148. The van der Waals surface area contributed by atoms with Crippen molar-refractivity contribution in [1.82, 2.24) is 9.80 Å². The second kappa shape index (κ2) is 9.86. The van der Waals surface area contributed by atoms with Crippen LogP contribution in [-0.2, 0) is 25.3 Å². The summed E-state index contributed by atoms with van der Waals surface area (Å²) in [5, 5.41) is 0. The molecule has 0 bridgehead atoms. The molecule has 1 aliphatic heterocycles. The van der Waals surface area contributed by atoms with Crippen LogP contribution in [0.3, 0.4) is 0 Å². The Hall–Kier alpha value is -3.51. The molecule has 36 heavy (non-hydrogen) atoms. The summed E-state index contributed by atoms with van der Waals surface area (Å²) >= 11 is 0. The van der Waals surface area contributed by atoms with Crippen molar-refractivity contribution >= 4 is 23.9 Å². The molecule has 0 saturated carbocycles. The standard InChI is InChI=1S/C30H34N2O4/c1-29(2)20-22(19-23-26(33)31(3)28(35)32(4)27(23)34)30(36-5,25-17-10-9-16-24(25)29)18-12-11-15-21-13-7-6-8-14-21/h6-11,13-17,19,22H,12,18,20H2,1-5H3/b15-11+. The number of fused-ring (bicyclic) bond motifs is 1. The van der Waals surface area contributed by atoms with E-state index in [1.165, 1.54) is 19.7 Å². The van der Waals surface area contributed by atoms with E-state index in [9.17, 15) is 14.4 Å². The Morgan fingerprint density at radius 2 is 1.50 bits per heavy atom. The average Bonchev–Trinajstić information content (AvgIpc) is 2.89. The monoisotopic (exact) mass is 486 g/mol. The summed E-state index contributed by atoms with van der Waals surface area (Å²) in [6, 6.07) is 17.8. The van der Waals surface area contributed by atoms with E-state index < -0.39 is 23.4 Å². The number of hydrogen-bond donors (Lipinski definition) is 0. The number of hydrogen-bond acceptors (Lipinski definition) is 4. The predicted octanol–water partition coefficient (Wildman–Crippen LogP) is 5.30. The van der Waals surface area contributed by atoms with Gasteiger partial charge >= 0.3 is 6.03 Å². The predicted molar refractivity (Wildman–Crippen MR) is 140 cm³/mol. The molecule has 1 saturated heterocycles. The van der Waals surface area contributed by atoms with Crippen molar-refractivity contribution in [3.05, 3.63) is 89.0 Å². The summed E-state index contributed by atoms with van der Waals surface area (Å²) in [5.74, 6) is -1.40. The average molecular weight is 487 g/mol. The van der Waals surface area contributed by atoms with Gasteiger partial charge in [0.15, 0.2) is 0 Å². The molecular weight excluding hydrogens is 452 g/mol. The molecule has 0 radical (unpaired) electrons. The third kappa shape index (κ3) is 4.42. The third-order valence-corrected chi connectivity index (χ3v) is 7.61. The van der Waals surface area contributed by atoms with Gasteiger partial charge in [-0.2, -0.15) is 0 Å². The van der Waals surface area contributed by atoms with E-state index in [1.54, 1.807) is 13.2 Å². The lowest BCUT2D eigenvalue weighted by atomic mass is 9.60. The molecule has 188 valence electrons. The highest BCUT2D eigenvalue weighted by atomic mass is 16.5. The number of rotatable bonds is 6. The Morgan fingerprint density at radius 1 is 0.917 bits per heavy atom. The lowest BCUT2D eigenvalue weighted by Crippen LogP contribution is -2.53. The van der Waals surface area contributed by atoms with Crippen LogP contribution in [0.25, 0.3) is 6.08 Å². The van der Waals surface area contributed by atoms with Gasteiger partial charge in [0.05, 0.1) is 5.60 Å². The second-order valence-corrected chi connectivity index (χ2v) is 10.3. The van der Waals surface area contributed by atoms with Crippen LogP contribution in [0.2, 0.25) is 0 Å². The molecule has 1 heterocycles. The number of amides is 4. The highest BCUT2D eigenvalue weighted by molar-refractivity contribution is 6.28. The van der Waals surface area contributed by atoms with Crippen molar-refractivity contribution in [2.24, 2.45) is 5.92 Å².